The van der Waals surface area contributed by atoms with Crippen LogP contribution in [-0.4, -0.2) is 81.7 Å². The Balaban J connectivity index is 1.34. The number of amides is 4. The molecule has 3 aliphatic rings. The van der Waals surface area contributed by atoms with Gasteiger partial charge in [-0.1, -0.05) is 63.3 Å². The number of rotatable bonds is 7. The first-order valence-electron chi connectivity index (χ1n) is 16.7. The number of nitrogens with one attached hydrogen (secondary N) is 2. The highest BCUT2D eigenvalue weighted by Gasteiger charge is 2.61. The molecule has 3 aromatic rings. The van der Waals surface area contributed by atoms with Crippen molar-refractivity contribution in [1.82, 2.24) is 25.6 Å². The Labute approximate surface area is 285 Å². The van der Waals surface area contributed by atoms with Gasteiger partial charge in [0.2, 0.25) is 11.8 Å². The fraction of sp³-hybridized carbons (Fsp3) is 0.432. The Morgan fingerprint density at radius 1 is 1.12 bits per heavy atom. The Kier molecular flexibility index (Phi) is 9.24. The normalized spacial score (nSPS) is 24.8. The minimum atomic E-state index is -1.43. The zero-order valence-electron chi connectivity index (χ0n) is 28.3. The Morgan fingerprint density at radius 2 is 1.90 bits per heavy atom. The van der Waals surface area contributed by atoms with Crippen molar-refractivity contribution in [3.05, 3.63) is 66.7 Å². The molecule has 0 spiro atoms. The van der Waals surface area contributed by atoms with Crippen LogP contribution in [0.25, 0.3) is 22.2 Å². The smallest absolute Gasteiger partial charge is 0.339 e. The molecule has 49 heavy (non-hydrogen) atoms. The van der Waals surface area contributed by atoms with Crippen molar-refractivity contribution >= 4 is 34.7 Å². The van der Waals surface area contributed by atoms with E-state index >= 15 is 0 Å². The van der Waals surface area contributed by atoms with Crippen LogP contribution in [0, 0.1) is 11.3 Å². The lowest BCUT2D eigenvalue weighted by molar-refractivity contribution is -0.144. The number of aliphatic carboxylic acids is 1. The number of aromatic nitrogens is 1. The second kappa shape index (κ2) is 13.4. The maximum Gasteiger partial charge on any atom is 0.339 e. The van der Waals surface area contributed by atoms with Crippen LogP contribution >= 0.6 is 0 Å². The average molecular weight is 670 g/mol. The van der Waals surface area contributed by atoms with Crippen LogP contribution in [0.4, 0.5) is 4.79 Å². The molecule has 1 aliphatic carbocycles. The monoisotopic (exact) mass is 669 g/mol. The number of urea groups is 1. The van der Waals surface area contributed by atoms with E-state index in [1.54, 1.807) is 7.11 Å². The molecular formula is C37H43N5O7. The summed E-state index contributed by atoms with van der Waals surface area (Å²) in [6.07, 6.45) is 4.74. The summed E-state index contributed by atoms with van der Waals surface area (Å²) in [4.78, 5) is 59.9. The quantitative estimate of drug-likeness (QED) is 0.300. The second-order valence-corrected chi connectivity index (χ2v) is 14.3. The summed E-state index contributed by atoms with van der Waals surface area (Å²) in [6, 6.07) is 15.4. The highest BCUT2D eigenvalue weighted by Crippen LogP contribution is 2.45. The summed E-state index contributed by atoms with van der Waals surface area (Å²) in [5.41, 5.74) is 3.25. The number of pyridine rings is 1. The minimum absolute atomic E-state index is 0.0327. The number of benzene rings is 2. The van der Waals surface area contributed by atoms with E-state index in [9.17, 15) is 24.3 Å². The highest BCUT2D eigenvalue weighted by atomic mass is 16.5. The molecule has 12 nitrogen and oxygen atoms in total. The number of hydrogen-bond donors (Lipinski definition) is 3. The van der Waals surface area contributed by atoms with Gasteiger partial charge in [0.1, 0.15) is 29.2 Å². The molecule has 6 rings (SSSR count). The third kappa shape index (κ3) is 7.33. The number of carbonyl (C=O) groups is 4. The largest absolute Gasteiger partial charge is 0.497 e. The van der Waals surface area contributed by atoms with E-state index < -0.39 is 35.6 Å². The van der Waals surface area contributed by atoms with Gasteiger partial charge in [-0.15, -0.1) is 0 Å². The number of fused-ring (bicyclic) bond motifs is 3. The fourth-order valence-electron chi connectivity index (χ4n) is 6.60. The molecule has 258 valence electrons. The van der Waals surface area contributed by atoms with E-state index in [4.69, 9.17) is 14.5 Å². The molecule has 12 heteroatoms. The Morgan fingerprint density at radius 3 is 2.61 bits per heavy atom. The molecule has 0 unspecified atom stereocenters. The van der Waals surface area contributed by atoms with E-state index in [1.165, 1.54) is 9.91 Å². The zero-order chi connectivity index (χ0) is 34.9. The highest BCUT2D eigenvalue weighted by molar-refractivity contribution is 5.95. The molecule has 1 saturated carbocycles. The van der Waals surface area contributed by atoms with Crippen LogP contribution in [0.15, 0.2) is 66.7 Å². The van der Waals surface area contributed by atoms with Crippen LogP contribution in [0.2, 0.25) is 0 Å². The predicted molar refractivity (Wildman–Crippen MR) is 183 cm³/mol. The summed E-state index contributed by atoms with van der Waals surface area (Å²) in [7, 11) is 1.58. The molecule has 4 amide bonds. The summed E-state index contributed by atoms with van der Waals surface area (Å²) < 4.78 is 12.1. The van der Waals surface area contributed by atoms with Gasteiger partial charge in [-0.05, 0) is 36.8 Å². The molecule has 0 radical (unpaired) electrons. The molecule has 2 aliphatic heterocycles. The summed E-state index contributed by atoms with van der Waals surface area (Å²) in [5, 5.41) is 14.9. The van der Waals surface area contributed by atoms with Crippen molar-refractivity contribution in [1.29, 1.82) is 0 Å². The van der Waals surface area contributed by atoms with Crippen LogP contribution in [0.1, 0.15) is 52.9 Å². The van der Waals surface area contributed by atoms with E-state index in [-0.39, 0.29) is 49.6 Å². The summed E-state index contributed by atoms with van der Waals surface area (Å²) in [5.74, 6) is -1.21. The van der Waals surface area contributed by atoms with Crippen molar-refractivity contribution in [2.45, 2.75) is 70.6 Å². The van der Waals surface area contributed by atoms with Gasteiger partial charge in [0.15, 0.2) is 0 Å². The number of allylic oxidation sites excluding steroid dienone is 1. The van der Waals surface area contributed by atoms with E-state index in [0.717, 1.165) is 10.9 Å². The number of methoxy groups -OCH3 is 1. The van der Waals surface area contributed by atoms with Gasteiger partial charge in [-0.3, -0.25) is 15.0 Å². The first kappa shape index (κ1) is 33.8. The van der Waals surface area contributed by atoms with Crippen molar-refractivity contribution < 1.29 is 33.8 Å². The lowest BCUT2D eigenvalue weighted by Crippen LogP contribution is -2.58. The van der Waals surface area contributed by atoms with Crippen molar-refractivity contribution in [2.24, 2.45) is 11.3 Å². The van der Waals surface area contributed by atoms with Crippen molar-refractivity contribution in [3.8, 4) is 22.8 Å². The molecule has 4 atom stereocenters. The first-order valence-corrected chi connectivity index (χ1v) is 16.7. The number of hydrogen-bond acceptors (Lipinski definition) is 7. The van der Waals surface area contributed by atoms with Gasteiger partial charge in [-0.25, -0.2) is 19.6 Å². The maximum atomic E-state index is 14.2. The standard InChI is InChI=1S/C37H43N5O7/c1-36(2,3)21-32(43)40-42-16-10-6-9-13-24-20-37(24,34(45)46)39-33(44)30-18-26(22-41(30)35(42)47)49-31-19-28(23-11-7-5-8-12-23)38-29-17-25(48-4)14-15-27(29)31/h5,7-9,11-15,17,19,24,26,30H,6,10,16,18,20-22H2,1-4H3,(H,39,44)(H,40,43)(H,45,46)/b13-9-/t24-,26-,30+,37-/m1/s1. The Hall–Kier alpha value is -5.13. The van der Waals surface area contributed by atoms with Crippen molar-refractivity contribution in [3.63, 3.8) is 0 Å². The van der Waals surface area contributed by atoms with Crippen LogP contribution in [-0.2, 0) is 14.4 Å². The number of nitrogens with zero attached hydrogens (tertiary/aromatic N) is 3. The number of hydrazine groups is 1. The van der Waals surface area contributed by atoms with Crippen LogP contribution in [0.3, 0.4) is 0 Å². The SMILES string of the molecule is COc1ccc2c(O[C@@H]3C[C@H]4C(=O)N[C@]5(C(=O)O)C[C@H]5/C=C\CCCN(NC(=O)CC(C)(C)C)C(=O)N4C3)cc(-c3ccccc3)nc2c1. The summed E-state index contributed by atoms with van der Waals surface area (Å²) >= 11 is 0. The lowest BCUT2D eigenvalue weighted by Gasteiger charge is -2.32. The van der Waals surface area contributed by atoms with Gasteiger partial charge in [0, 0.05) is 48.4 Å². The van der Waals surface area contributed by atoms with Gasteiger partial charge in [-0.2, -0.15) is 0 Å². The third-order valence-corrected chi connectivity index (χ3v) is 9.20. The first-order chi connectivity index (χ1) is 23.4. The van der Waals surface area contributed by atoms with Gasteiger partial charge < -0.3 is 24.8 Å². The molecule has 3 heterocycles. The second-order valence-electron chi connectivity index (χ2n) is 14.3. The number of carbonyl (C=O) groups excluding carboxylic acids is 3. The predicted octanol–water partition coefficient (Wildman–Crippen LogP) is 4.93. The molecule has 2 fully saturated rings. The Bertz CT molecular complexity index is 1790. The minimum Gasteiger partial charge on any atom is -0.497 e. The third-order valence-electron chi connectivity index (χ3n) is 9.20. The van der Waals surface area contributed by atoms with E-state index in [1.807, 2.05) is 87.5 Å². The van der Waals surface area contributed by atoms with Gasteiger partial charge in [0.05, 0.1) is 24.9 Å². The molecule has 0 bridgehead atoms. The van der Waals surface area contributed by atoms with E-state index in [0.29, 0.717) is 35.6 Å². The zero-order valence-corrected chi connectivity index (χ0v) is 28.3. The molecule has 3 N–H and O–H groups in total. The summed E-state index contributed by atoms with van der Waals surface area (Å²) in [6.45, 7) is 6.06. The molecule has 1 saturated heterocycles. The van der Waals surface area contributed by atoms with E-state index in [2.05, 4.69) is 10.7 Å². The number of carboxylic acid groups (broad SMARTS) is 1. The fourth-order valence-corrected chi connectivity index (χ4v) is 6.60. The maximum absolute atomic E-state index is 14.2. The molecule has 2 aromatic carbocycles. The van der Waals surface area contributed by atoms with Crippen LogP contribution < -0.4 is 20.2 Å². The lowest BCUT2D eigenvalue weighted by atomic mass is 9.92. The molecule has 1 aromatic heterocycles. The number of carboxylic acids is 1. The topological polar surface area (TPSA) is 150 Å². The molecular weight excluding hydrogens is 626 g/mol. The number of ether oxygens (including phenoxy) is 2. The average Bonchev–Trinajstić information content (AvgIpc) is 3.59. The van der Waals surface area contributed by atoms with Crippen LogP contribution in [0.5, 0.6) is 11.5 Å². The van der Waals surface area contributed by atoms with Gasteiger partial charge >= 0.3 is 12.0 Å². The van der Waals surface area contributed by atoms with Crippen molar-refractivity contribution in [2.75, 3.05) is 20.2 Å². The van der Waals surface area contributed by atoms with Gasteiger partial charge in [0.25, 0.3) is 0 Å².